The van der Waals surface area contributed by atoms with Crippen LogP contribution in [0.1, 0.15) is 24.1 Å². The summed E-state index contributed by atoms with van der Waals surface area (Å²) in [6, 6.07) is 11.2. The van der Waals surface area contributed by atoms with Crippen molar-refractivity contribution >= 4 is 12.0 Å². The molecule has 0 saturated carbocycles. The van der Waals surface area contributed by atoms with Crippen molar-refractivity contribution in [1.82, 2.24) is 10.3 Å². The molecule has 108 valence electrons. The molecule has 1 amide bonds. The van der Waals surface area contributed by atoms with Gasteiger partial charge in [-0.05, 0) is 42.3 Å². The van der Waals surface area contributed by atoms with Gasteiger partial charge in [-0.1, -0.05) is 18.2 Å². The SMILES string of the molecule is COc1cccc(/C=C/C(=O)NC(C)c2cccnc2)c1. The van der Waals surface area contributed by atoms with Crippen molar-refractivity contribution in [2.75, 3.05) is 7.11 Å². The Hall–Kier alpha value is -2.62. The number of methoxy groups -OCH3 is 1. The maximum Gasteiger partial charge on any atom is 0.244 e. The number of amides is 1. The zero-order chi connectivity index (χ0) is 15.1. The van der Waals surface area contributed by atoms with Crippen LogP contribution in [0.25, 0.3) is 6.08 Å². The van der Waals surface area contributed by atoms with Gasteiger partial charge >= 0.3 is 0 Å². The highest BCUT2D eigenvalue weighted by Crippen LogP contribution is 2.14. The number of ether oxygens (including phenoxy) is 1. The highest BCUT2D eigenvalue weighted by molar-refractivity contribution is 5.92. The average Bonchev–Trinajstić information content (AvgIpc) is 2.54. The Morgan fingerprint density at radius 3 is 2.90 bits per heavy atom. The van der Waals surface area contributed by atoms with Gasteiger partial charge in [0.1, 0.15) is 5.75 Å². The average molecular weight is 282 g/mol. The minimum Gasteiger partial charge on any atom is -0.497 e. The van der Waals surface area contributed by atoms with Crippen molar-refractivity contribution in [2.45, 2.75) is 13.0 Å². The first-order valence-electron chi connectivity index (χ1n) is 6.71. The van der Waals surface area contributed by atoms with E-state index in [1.807, 2.05) is 43.3 Å². The van der Waals surface area contributed by atoms with E-state index in [9.17, 15) is 4.79 Å². The molecular weight excluding hydrogens is 264 g/mol. The Labute approximate surface area is 124 Å². The van der Waals surface area contributed by atoms with Crippen molar-refractivity contribution in [3.63, 3.8) is 0 Å². The molecule has 4 heteroatoms. The lowest BCUT2D eigenvalue weighted by molar-refractivity contribution is -0.117. The molecule has 0 saturated heterocycles. The molecule has 1 atom stereocenters. The van der Waals surface area contributed by atoms with Gasteiger partial charge in [0.15, 0.2) is 0 Å². The molecule has 0 aliphatic heterocycles. The zero-order valence-electron chi connectivity index (χ0n) is 12.1. The van der Waals surface area contributed by atoms with Gasteiger partial charge < -0.3 is 10.1 Å². The van der Waals surface area contributed by atoms with Crippen LogP contribution in [0.15, 0.2) is 54.9 Å². The number of hydrogen-bond acceptors (Lipinski definition) is 3. The van der Waals surface area contributed by atoms with E-state index in [-0.39, 0.29) is 11.9 Å². The maximum absolute atomic E-state index is 11.9. The number of nitrogens with zero attached hydrogens (tertiary/aromatic N) is 1. The quantitative estimate of drug-likeness (QED) is 0.858. The Morgan fingerprint density at radius 1 is 1.33 bits per heavy atom. The number of carbonyl (C=O) groups is 1. The largest absolute Gasteiger partial charge is 0.497 e. The van der Waals surface area contributed by atoms with E-state index in [0.717, 1.165) is 16.9 Å². The molecule has 21 heavy (non-hydrogen) atoms. The third kappa shape index (κ3) is 4.45. The molecule has 0 spiro atoms. The Morgan fingerprint density at radius 2 is 2.19 bits per heavy atom. The fourth-order valence-corrected chi connectivity index (χ4v) is 1.89. The van der Waals surface area contributed by atoms with Crippen molar-refractivity contribution in [2.24, 2.45) is 0 Å². The van der Waals surface area contributed by atoms with Crippen LogP contribution in [-0.4, -0.2) is 18.0 Å². The number of pyridine rings is 1. The van der Waals surface area contributed by atoms with Gasteiger partial charge in [0.25, 0.3) is 0 Å². The summed E-state index contributed by atoms with van der Waals surface area (Å²) in [7, 11) is 1.62. The van der Waals surface area contributed by atoms with Gasteiger partial charge in [-0.3, -0.25) is 9.78 Å². The molecule has 1 aromatic carbocycles. The summed E-state index contributed by atoms with van der Waals surface area (Å²) in [5.41, 5.74) is 1.89. The first-order valence-corrected chi connectivity index (χ1v) is 6.71. The molecule has 4 nitrogen and oxygen atoms in total. The third-order valence-corrected chi connectivity index (χ3v) is 3.06. The Bertz CT molecular complexity index is 624. The van der Waals surface area contributed by atoms with Crippen LogP contribution < -0.4 is 10.1 Å². The standard InChI is InChI=1S/C17H18N2O2/c1-13(15-6-4-10-18-12-15)19-17(20)9-8-14-5-3-7-16(11-14)21-2/h3-13H,1-2H3,(H,19,20)/b9-8+. The van der Waals surface area contributed by atoms with Gasteiger partial charge in [-0.25, -0.2) is 0 Å². The van der Waals surface area contributed by atoms with Crippen LogP contribution in [0.3, 0.4) is 0 Å². The van der Waals surface area contributed by atoms with Gasteiger partial charge in [-0.2, -0.15) is 0 Å². The summed E-state index contributed by atoms with van der Waals surface area (Å²) in [6.45, 7) is 1.92. The smallest absolute Gasteiger partial charge is 0.244 e. The Balaban J connectivity index is 1.96. The highest BCUT2D eigenvalue weighted by Gasteiger charge is 2.06. The number of nitrogens with one attached hydrogen (secondary N) is 1. The minimum atomic E-state index is -0.144. The fourth-order valence-electron chi connectivity index (χ4n) is 1.89. The second kappa shape index (κ2) is 7.24. The molecule has 0 radical (unpaired) electrons. The monoisotopic (exact) mass is 282 g/mol. The zero-order valence-corrected chi connectivity index (χ0v) is 12.1. The Kier molecular flexibility index (Phi) is 5.10. The number of hydrogen-bond donors (Lipinski definition) is 1. The second-order valence-corrected chi connectivity index (χ2v) is 4.63. The first kappa shape index (κ1) is 14.8. The van der Waals surface area contributed by atoms with E-state index in [1.165, 1.54) is 6.08 Å². The minimum absolute atomic E-state index is 0.0823. The van der Waals surface area contributed by atoms with Crippen molar-refractivity contribution in [3.8, 4) is 5.75 Å². The van der Waals surface area contributed by atoms with Crippen molar-refractivity contribution in [3.05, 3.63) is 66.0 Å². The predicted octanol–water partition coefficient (Wildman–Crippen LogP) is 2.98. The molecular formula is C17H18N2O2. The number of rotatable bonds is 5. The molecule has 0 bridgehead atoms. The van der Waals surface area contributed by atoms with Gasteiger partial charge in [0.05, 0.1) is 13.2 Å². The fraction of sp³-hybridized carbons (Fsp3) is 0.176. The summed E-state index contributed by atoms with van der Waals surface area (Å²) in [5.74, 6) is 0.621. The summed E-state index contributed by atoms with van der Waals surface area (Å²) in [6.07, 6.45) is 6.73. The number of benzene rings is 1. The molecule has 1 aromatic heterocycles. The molecule has 2 aromatic rings. The second-order valence-electron chi connectivity index (χ2n) is 4.63. The molecule has 2 rings (SSSR count). The molecule has 0 fully saturated rings. The summed E-state index contributed by atoms with van der Waals surface area (Å²) < 4.78 is 5.14. The van der Waals surface area contributed by atoms with Crippen LogP contribution in [0.2, 0.25) is 0 Å². The lowest BCUT2D eigenvalue weighted by Gasteiger charge is -2.12. The van der Waals surface area contributed by atoms with E-state index >= 15 is 0 Å². The van der Waals surface area contributed by atoms with Gasteiger partial charge in [0, 0.05) is 18.5 Å². The summed E-state index contributed by atoms with van der Waals surface area (Å²) in [5, 5.41) is 2.90. The van der Waals surface area contributed by atoms with Crippen molar-refractivity contribution < 1.29 is 9.53 Å². The number of aromatic nitrogens is 1. The van der Waals surface area contributed by atoms with Crippen LogP contribution in [0, 0.1) is 0 Å². The van der Waals surface area contributed by atoms with Gasteiger partial charge in [0.2, 0.25) is 5.91 Å². The maximum atomic E-state index is 11.9. The van der Waals surface area contributed by atoms with Crippen LogP contribution in [-0.2, 0) is 4.79 Å². The van der Waals surface area contributed by atoms with E-state index in [0.29, 0.717) is 0 Å². The third-order valence-electron chi connectivity index (χ3n) is 3.06. The summed E-state index contributed by atoms with van der Waals surface area (Å²) >= 11 is 0. The van der Waals surface area contributed by atoms with E-state index in [1.54, 1.807) is 25.6 Å². The van der Waals surface area contributed by atoms with E-state index < -0.39 is 0 Å². The molecule has 1 unspecified atom stereocenters. The molecule has 1 heterocycles. The molecule has 0 aliphatic carbocycles. The van der Waals surface area contributed by atoms with Gasteiger partial charge in [-0.15, -0.1) is 0 Å². The topological polar surface area (TPSA) is 51.2 Å². The number of carbonyl (C=O) groups excluding carboxylic acids is 1. The predicted molar refractivity (Wildman–Crippen MR) is 82.8 cm³/mol. The van der Waals surface area contributed by atoms with Crippen LogP contribution in [0.5, 0.6) is 5.75 Å². The van der Waals surface area contributed by atoms with Crippen LogP contribution >= 0.6 is 0 Å². The normalized spacial score (nSPS) is 12.1. The van der Waals surface area contributed by atoms with E-state index in [2.05, 4.69) is 10.3 Å². The van der Waals surface area contributed by atoms with Crippen LogP contribution in [0.4, 0.5) is 0 Å². The lowest BCUT2D eigenvalue weighted by Crippen LogP contribution is -2.24. The molecule has 1 N–H and O–H groups in total. The van der Waals surface area contributed by atoms with Crippen molar-refractivity contribution in [1.29, 1.82) is 0 Å². The summed E-state index contributed by atoms with van der Waals surface area (Å²) in [4.78, 5) is 15.9. The molecule has 0 aliphatic rings. The highest BCUT2D eigenvalue weighted by atomic mass is 16.5. The lowest BCUT2D eigenvalue weighted by atomic mass is 10.1. The van der Waals surface area contributed by atoms with E-state index in [4.69, 9.17) is 4.74 Å². The first-order chi connectivity index (χ1) is 10.2.